The van der Waals surface area contributed by atoms with Gasteiger partial charge in [0.15, 0.2) is 5.78 Å². The Morgan fingerprint density at radius 1 is 0.435 bits per heavy atom. The van der Waals surface area contributed by atoms with Crippen molar-refractivity contribution in [1.29, 1.82) is 0 Å². The number of Topliss-reactive ketones (excluding diaryl/α,β-unsaturated/α-hetero) is 1. The van der Waals surface area contributed by atoms with Crippen molar-refractivity contribution in [2.75, 3.05) is 26.2 Å². The molecule has 11 nitrogen and oxygen atoms in total. The highest BCUT2D eigenvalue weighted by atomic mass is 16.2. The van der Waals surface area contributed by atoms with E-state index >= 15 is 0 Å². The standard InChI is InChI=1S/C81H121N5O6/c1-17-74(88)82-51-21-18-22-54-85-78(92)68(40-19-23-52-83-75(89)55-62(5)34-25-31-59(2)42-45-69-65(8)37-28-48-79(69,11)12)58-73(87)72(86-77(91)57-64(7)36-27-33-61(4)44-47-71-67(10)39-30-50-81(71,15)16)41-20-24-53-84-76(90)56-63(6)35-26-32-60(3)43-46-70-66(9)38-29-49-80(70,13)14/h25-27,31-36,42-47,55-57,68,72H,17-24,28-30,37-41,48-54,58H2,1-16H3,(H,82,88)(H,83,89)(H,84,90)(H,85,92)(H,86,91)/b34-25+,35-26+,36-27+,45-42+,46-43+,47-44+,59-31+,60-32+,61-33+,62-55+,63-56+,64-57+. The lowest BCUT2D eigenvalue weighted by Gasteiger charge is -2.33. The summed E-state index contributed by atoms with van der Waals surface area (Å²) >= 11 is 0. The summed E-state index contributed by atoms with van der Waals surface area (Å²) in [6.45, 7) is 36.0. The number of rotatable bonds is 37. The fourth-order valence-electron chi connectivity index (χ4n) is 12.5. The third kappa shape index (κ3) is 31.6. The molecule has 0 saturated heterocycles. The number of hydrogen-bond acceptors (Lipinski definition) is 6. The van der Waals surface area contributed by atoms with Gasteiger partial charge in [0.25, 0.3) is 0 Å². The average molecular weight is 1260 g/mol. The number of hydrogen-bond donors (Lipinski definition) is 5. The van der Waals surface area contributed by atoms with E-state index in [2.05, 4.69) is 146 Å². The van der Waals surface area contributed by atoms with Crippen molar-refractivity contribution in [2.45, 2.75) is 245 Å². The molecule has 0 bridgehead atoms. The third-order valence-corrected chi connectivity index (χ3v) is 18.2. The Morgan fingerprint density at radius 2 is 0.793 bits per heavy atom. The maximum Gasteiger partial charge on any atom is 0.244 e. The molecule has 2 atom stereocenters. The first kappa shape index (κ1) is 79.4. The molecular formula is C81H121N5O6. The Kier molecular flexibility index (Phi) is 35.9. The number of unbranched alkanes of at least 4 members (excludes halogenated alkanes) is 4. The van der Waals surface area contributed by atoms with Gasteiger partial charge in [-0.05, 0) is 221 Å². The van der Waals surface area contributed by atoms with Crippen LogP contribution in [0, 0.1) is 22.2 Å². The molecule has 5 amide bonds. The van der Waals surface area contributed by atoms with Gasteiger partial charge < -0.3 is 26.6 Å². The lowest BCUT2D eigenvalue weighted by Crippen LogP contribution is -2.42. The summed E-state index contributed by atoms with van der Waals surface area (Å²) in [5, 5.41) is 14.9. The molecule has 0 aliphatic heterocycles. The van der Waals surface area contributed by atoms with E-state index < -0.39 is 17.9 Å². The van der Waals surface area contributed by atoms with Crippen LogP contribution in [0.25, 0.3) is 0 Å². The largest absolute Gasteiger partial charge is 0.356 e. The zero-order chi connectivity index (χ0) is 68.3. The van der Waals surface area contributed by atoms with Crippen LogP contribution < -0.4 is 26.6 Å². The van der Waals surface area contributed by atoms with E-state index in [1.807, 2.05) is 82.4 Å². The number of amides is 5. The van der Waals surface area contributed by atoms with Crippen LogP contribution in [-0.2, 0) is 28.8 Å². The van der Waals surface area contributed by atoms with E-state index in [9.17, 15) is 28.8 Å². The van der Waals surface area contributed by atoms with Gasteiger partial charge in [0.05, 0.1) is 6.04 Å². The smallest absolute Gasteiger partial charge is 0.244 e. The van der Waals surface area contributed by atoms with Gasteiger partial charge in [0.1, 0.15) is 0 Å². The summed E-state index contributed by atoms with van der Waals surface area (Å²) < 4.78 is 0. The summed E-state index contributed by atoms with van der Waals surface area (Å²) in [5.74, 6) is -1.96. The minimum atomic E-state index is -0.877. The van der Waals surface area contributed by atoms with Gasteiger partial charge in [-0.3, -0.25) is 28.8 Å². The number of carbonyl (C=O) groups is 6. The van der Waals surface area contributed by atoms with Gasteiger partial charge in [-0.2, -0.15) is 0 Å². The van der Waals surface area contributed by atoms with Crippen LogP contribution in [0.1, 0.15) is 239 Å². The van der Waals surface area contributed by atoms with Gasteiger partial charge in [-0.15, -0.1) is 0 Å². The van der Waals surface area contributed by atoms with Crippen LogP contribution in [0.5, 0.6) is 0 Å². The molecule has 92 heavy (non-hydrogen) atoms. The van der Waals surface area contributed by atoms with E-state index in [0.717, 1.165) is 60.0 Å². The summed E-state index contributed by atoms with van der Waals surface area (Å²) in [7, 11) is 0. The third-order valence-electron chi connectivity index (χ3n) is 18.2. The fourth-order valence-corrected chi connectivity index (χ4v) is 12.5. The second kappa shape index (κ2) is 41.7. The number of carbonyl (C=O) groups excluding carboxylic acids is 6. The molecule has 506 valence electrons. The molecule has 0 saturated carbocycles. The number of nitrogens with one attached hydrogen (secondary N) is 5. The molecule has 11 heteroatoms. The molecule has 3 rings (SSSR count). The van der Waals surface area contributed by atoms with Crippen LogP contribution in [0.4, 0.5) is 0 Å². The van der Waals surface area contributed by atoms with Crippen LogP contribution >= 0.6 is 0 Å². The van der Waals surface area contributed by atoms with Crippen molar-refractivity contribution in [3.63, 3.8) is 0 Å². The van der Waals surface area contributed by atoms with E-state index in [-0.39, 0.29) is 52.1 Å². The van der Waals surface area contributed by atoms with Crippen LogP contribution in [0.15, 0.2) is 176 Å². The molecule has 5 N–H and O–H groups in total. The fraction of sp³-hybridized carbons (Fsp3) is 0.556. The Hall–Kier alpha value is -6.88. The molecule has 0 aromatic rings. The predicted octanol–water partition coefficient (Wildman–Crippen LogP) is 18.0. The Bertz CT molecular complexity index is 3000. The van der Waals surface area contributed by atoms with Crippen LogP contribution in [-0.4, -0.2) is 67.5 Å². The average Bonchev–Trinajstić information content (AvgIpc) is 0.969. The molecule has 0 radical (unpaired) electrons. The summed E-state index contributed by atoms with van der Waals surface area (Å²) in [4.78, 5) is 80.1. The lowest BCUT2D eigenvalue weighted by atomic mass is 9.72. The van der Waals surface area contributed by atoms with Gasteiger partial charge in [-0.1, -0.05) is 179 Å². The summed E-state index contributed by atoms with van der Waals surface area (Å²) in [6, 6.07) is -0.877. The minimum absolute atomic E-state index is 0.00741. The maximum atomic E-state index is 14.5. The highest BCUT2D eigenvalue weighted by Crippen LogP contribution is 2.43. The van der Waals surface area contributed by atoms with Crippen molar-refractivity contribution in [3.05, 3.63) is 176 Å². The Morgan fingerprint density at radius 3 is 1.18 bits per heavy atom. The van der Waals surface area contributed by atoms with Crippen molar-refractivity contribution >= 4 is 35.3 Å². The first-order valence-electron chi connectivity index (χ1n) is 34.7. The second-order valence-corrected chi connectivity index (χ2v) is 28.3. The van der Waals surface area contributed by atoms with Crippen molar-refractivity contribution in [1.82, 2.24) is 26.6 Å². The topological polar surface area (TPSA) is 163 Å². The molecular weight excluding hydrogens is 1140 g/mol. The van der Waals surface area contributed by atoms with E-state index in [1.165, 1.54) is 78.0 Å². The second-order valence-electron chi connectivity index (χ2n) is 28.3. The van der Waals surface area contributed by atoms with Crippen LogP contribution in [0.3, 0.4) is 0 Å². The first-order chi connectivity index (χ1) is 43.5. The first-order valence-corrected chi connectivity index (χ1v) is 34.7. The molecule has 0 heterocycles. The van der Waals surface area contributed by atoms with Crippen molar-refractivity contribution in [3.8, 4) is 0 Å². The highest BCUT2D eigenvalue weighted by Gasteiger charge is 2.30. The lowest BCUT2D eigenvalue weighted by molar-refractivity contribution is -0.131. The van der Waals surface area contributed by atoms with Crippen molar-refractivity contribution in [2.24, 2.45) is 22.2 Å². The number of ketones is 1. The monoisotopic (exact) mass is 1260 g/mol. The molecule has 0 spiro atoms. The van der Waals surface area contributed by atoms with E-state index in [0.29, 0.717) is 83.1 Å². The maximum absolute atomic E-state index is 14.5. The van der Waals surface area contributed by atoms with E-state index in [4.69, 9.17) is 0 Å². The quantitative estimate of drug-likeness (QED) is 0.0236. The molecule has 2 unspecified atom stereocenters. The molecule has 0 aromatic carbocycles. The van der Waals surface area contributed by atoms with E-state index in [1.54, 1.807) is 12.2 Å². The normalized spacial score (nSPS) is 18.7. The summed E-state index contributed by atoms with van der Waals surface area (Å²) in [5.41, 5.74) is 14.8. The zero-order valence-electron chi connectivity index (χ0n) is 60.0. The van der Waals surface area contributed by atoms with Crippen LogP contribution in [0.2, 0.25) is 0 Å². The van der Waals surface area contributed by atoms with Gasteiger partial charge >= 0.3 is 0 Å². The molecule has 3 aliphatic carbocycles. The molecule has 0 aromatic heterocycles. The highest BCUT2D eigenvalue weighted by molar-refractivity contribution is 5.96. The Balaban J connectivity index is 1.74. The van der Waals surface area contributed by atoms with Gasteiger partial charge in [0.2, 0.25) is 29.5 Å². The minimum Gasteiger partial charge on any atom is -0.356 e. The summed E-state index contributed by atoms with van der Waals surface area (Å²) in [6.07, 6.45) is 51.9. The van der Waals surface area contributed by atoms with Gasteiger partial charge in [0, 0.05) is 63.2 Å². The zero-order valence-corrected chi connectivity index (χ0v) is 60.0. The molecule has 3 aliphatic rings. The van der Waals surface area contributed by atoms with Crippen molar-refractivity contribution < 1.29 is 28.8 Å². The number of allylic oxidation sites excluding steroid dienone is 27. The SMILES string of the molecule is CCC(=O)NCCCCCNC(=O)C(CCCCNC(=O)/C=C(C)/C=C/C=C(C)/C=C/C1=C(C)CCCC1(C)C)CC(=O)C(CCCCNC(=O)/C=C(C)/C=C/C=C(C)/C=C/C1=C(C)CCCC1(C)C)NC(=O)/C=C(C)/C=C/C=C(C)/C=C/C1=C(C)CCCC1(C)C. The molecule has 0 fully saturated rings. The predicted molar refractivity (Wildman–Crippen MR) is 387 cm³/mol. The Labute approximate surface area is 557 Å². The van der Waals surface area contributed by atoms with Gasteiger partial charge in [-0.25, -0.2) is 0 Å².